The molecule has 2 aromatic rings. The molecule has 1 aromatic heterocycles. The van der Waals surface area contributed by atoms with Crippen molar-refractivity contribution in [2.45, 2.75) is 50.6 Å². The number of nitrogens with zero attached hydrogens (tertiary/aromatic N) is 4. The summed E-state index contributed by atoms with van der Waals surface area (Å²) < 4.78 is 13.1. The molecule has 5 atom stereocenters. The molecule has 0 unspecified atom stereocenters. The van der Waals surface area contributed by atoms with Gasteiger partial charge in [0.05, 0.1) is 30.1 Å². The molecule has 1 spiro atoms. The lowest BCUT2D eigenvalue weighted by molar-refractivity contribution is -0.154. The topological polar surface area (TPSA) is 136 Å². The molecule has 176 valence electrons. The predicted octanol–water partition coefficient (Wildman–Crippen LogP) is -0.175. The number of aliphatic hydroxyl groups excluding tert-OH is 1. The number of benzene rings is 1. The van der Waals surface area contributed by atoms with Crippen LogP contribution in [0.2, 0.25) is 0 Å². The molecule has 2 N–H and O–H groups in total. The first-order valence-electron chi connectivity index (χ1n) is 11.3. The molecule has 1 aromatic carbocycles. The Balaban J connectivity index is 1.42. The first-order valence-corrected chi connectivity index (χ1v) is 11.3. The number of fused-ring (bicyclic) bond motifs is 2. The molecule has 5 rings (SSSR count). The highest BCUT2D eigenvalue weighted by atomic mass is 16.6. The number of esters is 1. The number of ether oxygens (including phenoxy) is 2. The van der Waals surface area contributed by atoms with Gasteiger partial charge in [-0.2, -0.15) is 0 Å². The van der Waals surface area contributed by atoms with Crippen LogP contribution in [0.5, 0.6) is 0 Å². The van der Waals surface area contributed by atoms with E-state index in [-0.39, 0.29) is 38.2 Å². The highest BCUT2D eigenvalue weighted by molar-refractivity contribution is 5.98. The third-order valence-electron chi connectivity index (χ3n) is 6.99. The van der Waals surface area contributed by atoms with Crippen LogP contribution < -0.4 is 5.32 Å². The minimum atomic E-state index is -1.08. The Bertz CT molecular complexity index is 1090. The van der Waals surface area contributed by atoms with Crippen molar-refractivity contribution < 1.29 is 29.0 Å². The average Bonchev–Trinajstić information content (AvgIpc) is 3.55. The summed E-state index contributed by atoms with van der Waals surface area (Å²) in [5.74, 6) is -2.62. The summed E-state index contributed by atoms with van der Waals surface area (Å²) in [6.07, 6.45) is 0.967. The van der Waals surface area contributed by atoms with Crippen LogP contribution in [0.25, 0.3) is 11.0 Å². The van der Waals surface area contributed by atoms with Crippen LogP contribution >= 0.6 is 0 Å². The van der Waals surface area contributed by atoms with E-state index in [9.17, 15) is 19.5 Å². The molecule has 11 nitrogen and oxygen atoms in total. The first-order chi connectivity index (χ1) is 16.0. The van der Waals surface area contributed by atoms with Crippen molar-refractivity contribution in [1.29, 1.82) is 0 Å². The molecule has 0 saturated carbocycles. The SMILES string of the molecule is CCOC(=O)[C@@H]1[C@H]2C(=O)N(CCCO)[C@H](C(=O)NCn3nnc4ccccc43)[C@]23CC[C@H]1O3. The quantitative estimate of drug-likeness (QED) is 0.522. The summed E-state index contributed by atoms with van der Waals surface area (Å²) in [5.41, 5.74) is 0.401. The van der Waals surface area contributed by atoms with Crippen molar-refractivity contribution in [2.75, 3.05) is 19.8 Å². The van der Waals surface area contributed by atoms with Gasteiger partial charge in [0.25, 0.3) is 0 Å². The summed E-state index contributed by atoms with van der Waals surface area (Å²) in [6.45, 7) is 2.08. The number of aliphatic hydroxyl groups is 1. The Labute approximate surface area is 190 Å². The number of nitrogens with one attached hydrogen (secondary N) is 1. The summed E-state index contributed by atoms with van der Waals surface area (Å²) in [4.78, 5) is 41.1. The van der Waals surface area contributed by atoms with Crippen LogP contribution in [0.15, 0.2) is 24.3 Å². The zero-order valence-corrected chi connectivity index (χ0v) is 18.3. The van der Waals surface area contributed by atoms with E-state index >= 15 is 0 Å². The van der Waals surface area contributed by atoms with Gasteiger partial charge >= 0.3 is 5.97 Å². The second kappa shape index (κ2) is 8.38. The predicted molar refractivity (Wildman–Crippen MR) is 113 cm³/mol. The number of rotatable bonds is 8. The molecule has 3 saturated heterocycles. The minimum Gasteiger partial charge on any atom is -0.466 e. The third kappa shape index (κ3) is 3.29. The van der Waals surface area contributed by atoms with E-state index < -0.39 is 35.6 Å². The second-order valence-electron chi connectivity index (χ2n) is 8.69. The summed E-state index contributed by atoms with van der Waals surface area (Å²) in [7, 11) is 0. The number of carbonyl (C=O) groups excluding carboxylic acids is 3. The van der Waals surface area contributed by atoms with Crippen LogP contribution in [0.3, 0.4) is 0 Å². The standard InChI is InChI=1S/C22H27N5O6/c1-2-32-21(31)16-15-8-9-22(33-15)17(16)20(30)26(10-5-11-28)18(22)19(29)23-12-27-14-7-4-3-6-13(14)24-25-27/h3-4,6-7,15-18,28H,2,5,8-12H2,1H3,(H,23,29)/t15-,16+,17+,18-,22+/m1/s1. The van der Waals surface area contributed by atoms with Gasteiger partial charge in [0.15, 0.2) is 0 Å². The smallest absolute Gasteiger partial charge is 0.312 e. The Hall–Kier alpha value is -3.05. The number of hydrogen-bond acceptors (Lipinski definition) is 8. The van der Waals surface area contributed by atoms with Crippen LogP contribution in [-0.2, 0) is 30.5 Å². The van der Waals surface area contributed by atoms with Crippen molar-refractivity contribution in [3.05, 3.63) is 24.3 Å². The minimum absolute atomic E-state index is 0.0728. The molecule has 33 heavy (non-hydrogen) atoms. The molecule has 2 bridgehead atoms. The third-order valence-corrected chi connectivity index (χ3v) is 6.99. The number of likely N-dealkylation sites (tertiary alicyclic amines) is 1. The molecule has 0 radical (unpaired) electrons. The highest BCUT2D eigenvalue weighted by Gasteiger charge is 2.74. The Morgan fingerprint density at radius 3 is 2.97 bits per heavy atom. The molecule has 11 heteroatoms. The van der Waals surface area contributed by atoms with Crippen LogP contribution in [0.1, 0.15) is 26.2 Å². The first kappa shape index (κ1) is 21.8. The maximum atomic E-state index is 13.5. The second-order valence-corrected chi connectivity index (χ2v) is 8.69. The van der Waals surface area contributed by atoms with Gasteiger partial charge in [-0.3, -0.25) is 14.4 Å². The van der Waals surface area contributed by atoms with Crippen molar-refractivity contribution in [2.24, 2.45) is 11.8 Å². The summed E-state index contributed by atoms with van der Waals surface area (Å²) >= 11 is 0. The van der Waals surface area contributed by atoms with Crippen LogP contribution in [-0.4, -0.2) is 80.3 Å². The zero-order valence-electron chi connectivity index (χ0n) is 18.3. The lowest BCUT2D eigenvalue weighted by atomic mass is 9.71. The number of aromatic nitrogens is 3. The lowest BCUT2D eigenvalue weighted by Gasteiger charge is -2.33. The van der Waals surface area contributed by atoms with Crippen molar-refractivity contribution in [3.8, 4) is 0 Å². The average molecular weight is 457 g/mol. The van der Waals surface area contributed by atoms with E-state index in [0.717, 1.165) is 5.52 Å². The van der Waals surface area contributed by atoms with Crippen LogP contribution in [0.4, 0.5) is 0 Å². The Kier molecular flexibility index (Phi) is 5.53. The van der Waals surface area contributed by atoms with E-state index in [1.807, 2.05) is 24.3 Å². The number of para-hydroxylation sites is 1. The molecular formula is C22H27N5O6. The molecular weight excluding hydrogens is 430 g/mol. The van der Waals surface area contributed by atoms with Gasteiger partial charge in [-0.05, 0) is 38.3 Å². The van der Waals surface area contributed by atoms with Gasteiger partial charge in [0, 0.05) is 13.2 Å². The van der Waals surface area contributed by atoms with E-state index in [1.165, 1.54) is 4.90 Å². The van der Waals surface area contributed by atoms with Gasteiger partial charge in [0.2, 0.25) is 11.8 Å². The number of carbonyl (C=O) groups is 3. The summed E-state index contributed by atoms with van der Waals surface area (Å²) in [6, 6.07) is 6.50. The van der Waals surface area contributed by atoms with Gasteiger partial charge in [-0.15, -0.1) is 5.10 Å². The fourth-order valence-electron chi connectivity index (χ4n) is 5.73. The van der Waals surface area contributed by atoms with Gasteiger partial charge in [-0.25, -0.2) is 4.68 Å². The van der Waals surface area contributed by atoms with Gasteiger partial charge < -0.3 is 24.8 Å². The zero-order chi connectivity index (χ0) is 23.2. The fourth-order valence-corrected chi connectivity index (χ4v) is 5.73. The molecule has 2 amide bonds. The normalized spacial score (nSPS) is 30.1. The van der Waals surface area contributed by atoms with Crippen LogP contribution in [0, 0.1) is 11.8 Å². The largest absolute Gasteiger partial charge is 0.466 e. The van der Waals surface area contributed by atoms with E-state index in [0.29, 0.717) is 24.8 Å². The van der Waals surface area contributed by atoms with Gasteiger partial charge in [0.1, 0.15) is 23.8 Å². The Morgan fingerprint density at radius 1 is 1.36 bits per heavy atom. The van der Waals surface area contributed by atoms with Crippen molar-refractivity contribution in [3.63, 3.8) is 0 Å². The molecule has 3 aliphatic heterocycles. The highest BCUT2D eigenvalue weighted by Crippen LogP contribution is 2.58. The number of hydrogen-bond donors (Lipinski definition) is 2. The van der Waals surface area contributed by atoms with E-state index in [4.69, 9.17) is 9.47 Å². The maximum absolute atomic E-state index is 13.5. The Morgan fingerprint density at radius 2 is 2.18 bits per heavy atom. The molecule has 4 heterocycles. The molecule has 0 aliphatic carbocycles. The van der Waals surface area contributed by atoms with E-state index in [1.54, 1.807) is 11.6 Å². The summed E-state index contributed by atoms with van der Waals surface area (Å²) in [5, 5.41) is 20.4. The molecule has 3 fully saturated rings. The lowest BCUT2D eigenvalue weighted by Crippen LogP contribution is -2.55. The number of amides is 2. The van der Waals surface area contributed by atoms with E-state index in [2.05, 4.69) is 15.6 Å². The monoisotopic (exact) mass is 457 g/mol. The van der Waals surface area contributed by atoms with Crippen molar-refractivity contribution in [1.82, 2.24) is 25.2 Å². The van der Waals surface area contributed by atoms with Gasteiger partial charge in [-0.1, -0.05) is 17.3 Å². The fraction of sp³-hybridized carbons (Fsp3) is 0.591. The van der Waals surface area contributed by atoms with Crippen molar-refractivity contribution >= 4 is 28.8 Å². The maximum Gasteiger partial charge on any atom is 0.312 e. The molecule has 3 aliphatic rings.